The van der Waals surface area contributed by atoms with Gasteiger partial charge in [-0.1, -0.05) is 206 Å². The highest BCUT2D eigenvalue weighted by molar-refractivity contribution is 5.95. The van der Waals surface area contributed by atoms with Gasteiger partial charge in [0.15, 0.2) is 5.78 Å². The van der Waals surface area contributed by atoms with Crippen molar-refractivity contribution in [2.45, 2.75) is 415 Å². The van der Waals surface area contributed by atoms with E-state index in [-0.39, 0.29) is 106 Å². The summed E-state index contributed by atoms with van der Waals surface area (Å²) in [4.78, 5) is 63.9. The van der Waals surface area contributed by atoms with Gasteiger partial charge in [0.25, 0.3) is 0 Å². The highest BCUT2D eigenvalue weighted by Crippen LogP contribution is 2.81. The number of carbonyl (C=O) groups excluding carboxylic acids is 5. The number of Topliss-reactive ketones (excluding diaryl/α,β-unsaturated/α-hetero) is 1. The quantitative estimate of drug-likeness (QED) is 0.127. The third-order valence-electron chi connectivity index (χ3n) is 42.9. The Labute approximate surface area is 695 Å². The third kappa shape index (κ3) is 14.2. The number of hydrogen-bond acceptors (Lipinski definition) is 8. The number of rotatable bonds is 9. The average molecular weight is 1570 g/mol. The fourth-order valence-electron chi connectivity index (χ4n) is 34.3. The summed E-state index contributed by atoms with van der Waals surface area (Å²) >= 11 is 0. The van der Waals surface area contributed by atoms with Crippen LogP contribution < -0.4 is 0 Å². The van der Waals surface area contributed by atoms with Crippen molar-refractivity contribution in [3.05, 3.63) is 23.3 Å². The van der Waals surface area contributed by atoms with Crippen molar-refractivity contribution in [1.82, 2.24) is 0 Å². The molecule has 15 aliphatic rings. The molecule has 0 aromatic rings. The fraction of sp³-hybridized carbons (Fsp3) is 0.914. The van der Waals surface area contributed by atoms with Crippen LogP contribution in [-0.2, 0) is 38.2 Å². The van der Waals surface area contributed by atoms with Gasteiger partial charge in [-0.25, -0.2) is 0 Å². The van der Waals surface area contributed by atoms with Crippen LogP contribution in [0.5, 0.6) is 0 Å². The largest absolute Gasteiger partial charge is 0.466 e. The second kappa shape index (κ2) is 30.4. The highest BCUT2D eigenvalue weighted by Gasteiger charge is 2.75. The number of ketones is 2. The zero-order chi connectivity index (χ0) is 80.8. The summed E-state index contributed by atoms with van der Waals surface area (Å²) in [7, 11) is 0. The Hall–Kier alpha value is -2.77. The molecule has 13 fully saturated rings. The SMILES string of the molecule is C.C.C.CC(=O)OCC[C@]12CCC(C)(C)C[C@H]1C1=CC[C@@H]3[C@@]4(C)CC[C@H](C)C(C)(C)[C@@H]4CC[C@@]3(C)[C@]1(C)CC2.CC(=O)OCC[C@]12CCC(C)(C)C[C@H]1[C@H]1C(=O)C=C3[C@@]4(C)CC[C@H](C)C(C)(C)[C@@H]4CC[C@@]3(C)[C@]1(C)CC2.CC(=O)OCC[C@]12CCC(C)(C)C[C@H]1[C@H]1C(=O)C[C@@H]3[C@@]4(C)CC[C@H](C)C(C)(C)[C@@H]4CC[C@@]3(C)[C@]1(C)CC2. The molecule has 15 aliphatic carbocycles. The standard InChI is InChI=1S/C34H56O3.C34H54O3.C34H56O2.3CH4/c2*1-22-10-12-31(7)26(30(22,5)6)11-13-32(8)27(31)20-25(36)28-24-21-29(3,4)14-16-34(24,17-15-33(28,32)9)18-19-37-23(2)35;1-23-12-14-31(7)27(30(23,5)6)13-15-33(9)28(31)11-10-25-26-22-29(3,4)16-18-34(26,19-17-32(25,33)8)20-21-36-24(2)35;;;/h22,24,26-28H,10-21H2,1-9H3;20,22,24,26,28H,10-19,21H2,1-9H3;10,23,26-28H,11-22H2,1-9H3;3*1H4/t22-,24-,26-,27+,28-,31-,32+,33+,34+;22-,24-,26-,28-,31-,32+,33+,34+;23-,26-,27-,28+,31-,32+,33+,34+;;;/m000.../s1. The maximum Gasteiger partial charge on any atom is 0.302 e. The molecule has 13 saturated carbocycles. The first-order valence-electron chi connectivity index (χ1n) is 46.6. The number of allylic oxidation sites excluding steroid dienone is 4. The third-order valence-corrected chi connectivity index (χ3v) is 42.9. The maximum absolute atomic E-state index is 14.6. The molecule has 8 heteroatoms. The van der Waals surface area contributed by atoms with Crippen molar-refractivity contribution in [1.29, 1.82) is 0 Å². The molecule has 0 unspecified atom stereocenters. The molecular formula is C105H178O8. The van der Waals surface area contributed by atoms with Crippen LogP contribution >= 0.6 is 0 Å². The van der Waals surface area contributed by atoms with E-state index in [2.05, 4.69) is 178 Å². The second-order valence-corrected chi connectivity index (χ2v) is 49.6. The minimum atomic E-state index is -0.187. The molecule has 8 nitrogen and oxygen atoms in total. The Morgan fingerprint density at radius 2 is 0.779 bits per heavy atom. The zero-order valence-electron chi connectivity index (χ0n) is 76.2. The van der Waals surface area contributed by atoms with Crippen LogP contribution in [0.25, 0.3) is 0 Å². The van der Waals surface area contributed by atoms with Gasteiger partial charge >= 0.3 is 17.9 Å². The van der Waals surface area contributed by atoms with E-state index in [0.717, 1.165) is 93.3 Å². The first kappa shape index (κ1) is 92.5. The molecule has 0 aliphatic heterocycles. The molecule has 0 spiro atoms. The van der Waals surface area contributed by atoms with Gasteiger partial charge in [0.05, 0.1) is 19.8 Å². The monoisotopic (exact) mass is 1570 g/mol. The van der Waals surface area contributed by atoms with E-state index < -0.39 is 0 Å². The summed E-state index contributed by atoms with van der Waals surface area (Å²) in [5.74, 6) is 8.07. The molecule has 15 rings (SSSR count). The number of fused-ring (bicyclic) bond motifs is 21. The predicted octanol–water partition coefficient (Wildman–Crippen LogP) is 28.5. The lowest BCUT2D eigenvalue weighted by Crippen LogP contribution is -2.68. The zero-order valence-corrected chi connectivity index (χ0v) is 76.2. The van der Waals surface area contributed by atoms with Crippen LogP contribution in [0.3, 0.4) is 0 Å². The van der Waals surface area contributed by atoms with Crippen LogP contribution in [0.15, 0.2) is 23.3 Å². The van der Waals surface area contributed by atoms with Gasteiger partial charge in [-0.15, -0.1) is 0 Å². The molecule has 0 aromatic heterocycles. The second-order valence-electron chi connectivity index (χ2n) is 49.6. The Kier molecular flexibility index (Phi) is 24.9. The maximum atomic E-state index is 14.6. The van der Waals surface area contributed by atoms with E-state index in [1.807, 2.05) is 5.57 Å². The van der Waals surface area contributed by atoms with Gasteiger partial charge in [0, 0.05) is 39.0 Å². The molecule has 646 valence electrons. The predicted molar refractivity (Wildman–Crippen MR) is 469 cm³/mol. The van der Waals surface area contributed by atoms with Crippen LogP contribution in [-0.4, -0.2) is 49.3 Å². The van der Waals surface area contributed by atoms with Gasteiger partial charge in [-0.3, -0.25) is 24.0 Å². The topological polar surface area (TPSA) is 113 Å². The first-order chi connectivity index (χ1) is 50.7. The van der Waals surface area contributed by atoms with Crippen molar-refractivity contribution in [3.63, 3.8) is 0 Å². The average Bonchev–Trinajstić information content (AvgIpc) is 0.682. The van der Waals surface area contributed by atoms with Crippen molar-refractivity contribution in [3.8, 4) is 0 Å². The molecule has 0 aromatic carbocycles. The molecule has 0 N–H and O–H groups in total. The van der Waals surface area contributed by atoms with Crippen LogP contribution in [0.1, 0.15) is 415 Å². The van der Waals surface area contributed by atoms with Gasteiger partial charge in [-0.05, 0) is 368 Å². The normalized spacial score (nSPS) is 47.8. The molecule has 0 bridgehead atoms. The number of ether oxygens (including phenoxy) is 3. The summed E-state index contributed by atoms with van der Waals surface area (Å²) < 4.78 is 16.6. The summed E-state index contributed by atoms with van der Waals surface area (Å²) in [5, 5.41) is 0. The molecule has 0 radical (unpaired) electrons. The van der Waals surface area contributed by atoms with Crippen LogP contribution in [0, 0.1) is 174 Å². The van der Waals surface area contributed by atoms with Crippen molar-refractivity contribution < 1.29 is 38.2 Å². The van der Waals surface area contributed by atoms with E-state index in [0.29, 0.717) is 104 Å². The smallest absolute Gasteiger partial charge is 0.302 e. The minimum Gasteiger partial charge on any atom is -0.466 e. The van der Waals surface area contributed by atoms with E-state index in [1.165, 1.54) is 167 Å². The lowest BCUT2D eigenvalue weighted by atomic mass is 9.31. The molecule has 25 atom stereocenters. The minimum absolute atomic E-state index is 0. The fourth-order valence-corrected chi connectivity index (χ4v) is 34.3. The van der Waals surface area contributed by atoms with Crippen LogP contribution in [0.2, 0.25) is 0 Å². The molecule has 0 heterocycles. The van der Waals surface area contributed by atoms with Gasteiger partial charge < -0.3 is 14.2 Å². The number of esters is 3. The molecule has 0 saturated heterocycles. The van der Waals surface area contributed by atoms with E-state index in [4.69, 9.17) is 14.2 Å². The van der Waals surface area contributed by atoms with Crippen LogP contribution in [0.4, 0.5) is 0 Å². The Balaban J connectivity index is 0.000000177. The van der Waals surface area contributed by atoms with E-state index >= 15 is 0 Å². The highest BCUT2D eigenvalue weighted by atomic mass is 16.5. The lowest BCUT2D eigenvalue weighted by molar-refractivity contribution is -0.241. The van der Waals surface area contributed by atoms with E-state index in [1.54, 1.807) is 6.92 Å². The van der Waals surface area contributed by atoms with E-state index in [9.17, 15) is 24.0 Å². The van der Waals surface area contributed by atoms with Crippen molar-refractivity contribution >= 4 is 29.5 Å². The summed E-state index contributed by atoms with van der Waals surface area (Å²) in [5.41, 5.74) is 7.89. The summed E-state index contributed by atoms with van der Waals surface area (Å²) in [6.07, 6.45) is 44.0. The molecule has 113 heavy (non-hydrogen) atoms. The van der Waals surface area contributed by atoms with Gasteiger partial charge in [-0.2, -0.15) is 0 Å². The lowest BCUT2D eigenvalue weighted by Gasteiger charge is -2.73. The Morgan fingerprint density at radius 1 is 0.381 bits per heavy atom. The van der Waals surface area contributed by atoms with Gasteiger partial charge in [0.1, 0.15) is 5.78 Å². The summed E-state index contributed by atoms with van der Waals surface area (Å²) in [6, 6.07) is 0. The Morgan fingerprint density at radius 3 is 1.27 bits per heavy atom. The number of hydrogen-bond donors (Lipinski definition) is 0. The number of carbonyl (C=O) groups is 5. The molecule has 0 amide bonds. The van der Waals surface area contributed by atoms with Crippen molar-refractivity contribution in [2.75, 3.05) is 19.8 Å². The Bertz CT molecular complexity index is 3610. The van der Waals surface area contributed by atoms with Gasteiger partial charge in [0.2, 0.25) is 0 Å². The molecular weight excluding hydrogens is 1390 g/mol. The van der Waals surface area contributed by atoms with Crippen molar-refractivity contribution in [2.24, 2.45) is 174 Å². The summed E-state index contributed by atoms with van der Waals surface area (Å²) in [6.45, 7) is 67.1. The first-order valence-corrected chi connectivity index (χ1v) is 46.6.